The number of nitrogens with one attached hydrogen (secondary N) is 1. The summed E-state index contributed by atoms with van der Waals surface area (Å²) in [7, 11) is 0. The van der Waals surface area contributed by atoms with Crippen LogP contribution < -0.4 is 11.3 Å². The SMILES string of the molecule is CCc1ccc(CC(CCc2ccncc2)NN)nc1. The summed E-state index contributed by atoms with van der Waals surface area (Å²) in [6.07, 6.45) is 9.45. The molecule has 0 aliphatic carbocycles. The third-order valence-corrected chi connectivity index (χ3v) is 3.52. The van der Waals surface area contributed by atoms with Gasteiger partial charge in [-0.3, -0.25) is 21.2 Å². The third-order valence-electron chi connectivity index (χ3n) is 3.52. The second-order valence-corrected chi connectivity index (χ2v) is 4.97. The summed E-state index contributed by atoms with van der Waals surface area (Å²) in [5.41, 5.74) is 6.53. The van der Waals surface area contributed by atoms with Crippen LogP contribution in [0.25, 0.3) is 0 Å². The van der Waals surface area contributed by atoms with E-state index in [1.807, 2.05) is 30.7 Å². The highest BCUT2D eigenvalue weighted by atomic mass is 15.2. The van der Waals surface area contributed by atoms with Gasteiger partial charge in [0.05, 0.1) is 0 Å². The summed E-state index contributed by atoms with van der Waals surface area (Å²) < 4.78 is 0. The normalized spacial score (nSPS) is 12.3. The topological polar surface area (TPSA) is 63.8 Å². The fourth-order valence-corrected chi connectivity index (χ4v) is 2.17. The second-order valence-electron chi connectivity index (χ2n) is 4.97. The number of hydrogen-bond donors (Lipinski definition) is 2. The van der Waals surface area contributed by atoms with Gasteiger partial charge in [-0.15, -0.1) is 0 Å². The van der Waals surface area contributed by atoms with E-state index >= 15 is 0 Å². The van der Waals surface area contributed by atoms with Gasteiger partial charge in [-0.1, -0.05) is 13.0 Å². The van der Waals surface area contributed by atoms with Crippen LogP contribution in [0.5, 0.6) is 0 Å². The van der Waals surface area contributed by atoms with Crippen molar-refractivity contribution < 1.29 is 0 Å². The molecule has 106 valence electrons. The molecule has 0 bridgehead atoms. The zero-order chi connectivity index (χ0) is 14.2. The fourth-order valence-electron chi connectivity index (χ4n) is 2.17. The Labute approximate surface area is 120 Å². The largest absolute Gasteiger partial charge is 0.271 e. The van der Waals surface area contributed by atoms with Gasteiger partial charge >= 0.3 is 0 Å². The van der Waals surface area contributed by atoms with E-state index in [1.54, 1.807) is 0 Å². The van der Waals surface area contributed by atoms with Crippen LogP contribution in [0.3, 0.4) is 0 Å². The number of aromatic nitrogens is 2. The first-order chi connectivity index (χ1) is 9.81. The van der Waals surface area contributed by atoms with E-state index in [1.165, 1.54) is 11.1 Å². The summed E-state index contributed by atoms with van der Waals surface area (Å²) in [5.74, 6) is 5.65. The van der Waals surface area contributed by atoms with Crippen LogP contribution in [0.4, 0.5) is 0 Å². The number of rotatable bonds is 7. The van der Waals surface area contributed by atoms with Gasteiger partial charge in [-0.25, -0.2) is 0 Å². The monoisotopic (exact) mass is 270 g/mol. The molecule has 4 nitrogen and oxygen atoms in total. The molecule has 0 aliphatic heterocycles. The minimum Gasteiger partial charge on any atom is -0.271 e. The van der Waals surface area contributed by atoms with Crippen molar-refractivity contribution in [2.24, 2.45) is 5.84 Å². The number of nitrogens with zero attached hydrogens (tertiary/aromatic N) is 2. The molecule has 2 aromatic rings. The highest BCUT2D eigenvalue weighted by molar-refractivity contribution is 5.15. The van der Waals surface area contributed by atoms with E-state index in [4.69, 9.17) is 5.84 Å². The van der Waals surface area contributed by atoms with Gasteiger partial charge < -0.3 is 0 Å². The molecule has 0 saturated carbocycles. The van der Waals surface area contributed by atoms with E-state index in [0.717, 1.165) is 31.4 Å². The molecular formula is C16H22N4. The highest BCUT2D eigenvalue weighted by Gasteiger charge is 2.09. The number of hydrazine groups is 1. The smallest absolute Gasteiger partial charge is 0.0419 e. The lowest BCUT2D eigenvalue weighted by molar-refractivity contribution is 0.487. The molecule has 0 radical (unpaired) electrons. The standard InChI is InChI=1S/C16H22N4/c1-2-13-3-5-15(19-12-13)11-16(20-17)6-4-14-7-9-18-10-8-14/h3,5,7-10,12,16,20H,2,4,6,11,17H2,1H3. The van der Waals surface area contributed by atoms with E-state index in [2.05, 4.69) is 34.5 Å². The Bertz CT molecular complexity index is 496. The van der Waals surface area contributed by atoms with Crippen molar-refractivity contribution in [3.8, 4) is 0 Å². The van der Waals surface area contributed by atoms with Gasteiger partial charge in [-0.2, -0.15) is 0 Å². The molecule has 0 saturated heterocycles. The summed E-state index contributed by atoms with van der Waals surface area (Å²) in [6.45, 7) is 2.13. The van der Waals surface area contributed by atoms with Gasteiger partial charge in [0.25, 0.3) is 0 Å². The van der Waals surface area contributed by atoms with Gasteiger partial charge in [-0.05, 0) is 48.6 Å². The molecule has 2 heterocycles. The van der Waals surface area contributed by atoms with Crippen LogP contribution in [0, 0.1) is 0 Å². The van der Waals surface area contributed by atoms with Crippen molar-refractivity contribution in [3.05, 3.63) is 59.7 Å². The number of aryl methyl sites for hydroxylation is 2. The zero-order valence-electron chi connectivity index (χ0n) is 11.9. The van der Waals surface area contributed by atoms with Crippen molar-refractivity contribution in [1.29, 1.82) is 0 Å². The molecule has 0 aliphatic rings. The van der Waals surface area contributed by atoms with E-state index in [0.29, 0.717) is 0 Å². The predicted octanol–water partition coefficient (Wildman–Crippen LogP) is 2.05. The molecule has 0 aromatic carbocycles. The average molecular weight is 270 g/mol. The first-order valence-corrected chi connectivity index (χ1v) is 7.10. The minimum absolute atomic E-state index is 0.239. The lowest BCUT2D eigenvalue weighted by Gasteiger charge is -2.15. The average Bonchev–Trinajstić information content (AvgIpc) is 2.53. The fraction of sp³-hybridized carbons (Fsp3) is 0.375. The van der Waals surface area contributed by atoms with Gasteiger partial charge in [0, 0.05) is 36.7 Å². The second kappa shape index (κ2) is 7.72. The Morgan fingerprint density at radius 3 is 2.55 bits per heavy atom. The molecule has 3 N–H and O–H groups in total. The molecule has 0 amide bonds. The van der Waals surface area contributed by atoms with Gasteiger partial charge in [0.1, 0.15) is 0 Å². The Morgan fingerprint density at radius 1 is 1.15 bits per heavy atom. The maximum Gasteiger partial charge on any atom is 0.0419 e. The zero-order valence-corrected chi connectivity index (χ0v) is 11.9. The predicted molar refractivity (Wildman–Crippen MR) is 81.0 cm³/mol. The van der Waals surface area contributed by atoms with Crippen LogP contribution >= 0.6 is 0 Å². The Morgan fingerprint density at radius 2 is 1.95 bits per heavy atom. The Hall–Kier alpha value is -1.78. The lowest BCUT2D eigenvalue weighted by atomic mass is 10.0. The Balaban J connectivity index is 1.88. The van der Waals surface area contributed by atoms with E-state index in [-0.39, 0.29) is 6.04 Å². The maximum atomic E-state index is 5.65. The molecule has 4 heteroatoms. The molecule has 2 rings (SSSR count). The van der Waals surface area contributed by atoms with Gasteiger partial charge in [0.15, 0.2) is 0 Å². The highest BCUT2D eigenvalue weighted by Crippen LogP contribution is 2.09. The lowest BCUT2D eigenvalue weighted by Crippen LogP contribution is -2.37. The van der Waals surface area contributed by atoms with Crippen molar-refractivity contribution in [2.75, 3.05) is 0 Å². The van der Waals surface area contributed by atoms with Crippen LogP contribution in [0.15, 0.2) is 42.9 Å². The number of pyridine rings is 2. The number of hydrogen-bond acceptors (Lipinski definition) is 4. The molecule has 20 heavy (non-hydrogen) atoms. The third kappa shape index (κ3) is 4.40. The minimum atomic E-state index is 0.239. The van der Waals surface area contributed by atoms with E-state index in [9.17, 15) is 0 Å². The van der Waals surface area contributed by atoms with Crippen molar-refractivity contribution >= 4 is 0 Å². The summed E-state index contributed by atoms with van der Waals surface area (Å²) in [4.78, 5) is 8.51. The number of nitrogens with two attached hydrogens (primary N) is 1. The van der Waals surface area contributed by atoms with Crippen LogP contribution in [-0.2, 0) is 19.3 Å². The summed E-state index contributed by atoms with van der Waals surface area (Å²) in [5, 5.41) is 0. The molecule has 0 fully saturated rings. The molecule has 0 spiro atoms. The molecule has 1 atom stereocenters. The maximum absolute atomic E-state index is 5.65. The summed E-state index contributed by atoms with van der Waals surface area (Å²) in [6, 6.07) is 8.56. The first kappa shape index (κ1) is 14.6. The first-order valence-electron chi connectivity index (χ1n) is 7.10. The van der Waals surface area contributed by atoms with Crippen molar-refractivity contribution in [1.82, 2.24) is 15.4 Å². The van der Waals surface area contributed by atoms with Crippen LogP contribution in [-0.4, -0.2) is 16.0 Å². The quantitative estimate of drug-likeness (QED) is 0.597. The van der Waals surface area contributed by atoms with Crippen molar-refractivity contribution in [2.45, 2.75) is 38.6 Å². The Kier molecular flexibility index (Phi) is 5.65. The van der Waals surface area contributed by atoms with Crippen LogP contribution in [0.2, 0.25) is 0 Å². The molecule has 1 unspecified atom stereocenters. The molecule has 2 aromatic heterocycles. The van der Waals surface area contributed by atoms with E-state index < -0.39 is 0 Å². The van der Waals surface area contributed by atoms with Crippen LogP contribution in [0.1, 0.15) is 30.2 Å². The van der Waals surface area contributed by atoms with Crippen molar-refractivity contribution in [3.63, 3.8) is 0 Å². The summed E-state index contributed by atoms with van der Waals surface area (Å²) >= 11 is 0. The molecular weight excluding hydrogens is 248 g/mol. The van der Waals surface area contributed by atoms with Gasteiger partial charge in [0.2, 0.25) is 0 Å².